The molecule has 7 nitrogen and oxygen atoms in total. The van der Waals surface area contributed by atoms with Gasteiger partial charge in [-0.25, -0.2) is 0 Å². The fraction of sp³-hybridized carbons (Fsp3) is 0.176. The lowest BCUT2D eigenvalue weighted by Crippen LogP contribution is -2.39. The van der Waals surface area contributed by atoms with Crippen molar-refractivity contribution in [1.29, 1.82) is 0 Å². The number of hydrogen-bond donors (Lipinski definition) is 1. The van der Waals surface area contributed by atoms with Gasteiger partial charge < -0.3 is 10.2 Å². The highest BCUT2D eigenvalue weighted by Gasteiger charge is 2.30. The van der Waals surface area contributed by atoms with Crippen molar-refractivity contribution in [1.82, 2.24) is 0 Å². The van der Waals surface area contributed by atoms with Crippen molar-refractivity contribution in [2.24, 2.45) is 0 Å². The maximum Gasteiger partial charge on any atom is 0.269 e. The molecule has 0 saturated heterocycles. The topological polar surface area (TPSA) is 92.6 Å². The van der Waals surface area contributed by atoms with Gasteiger partial charge in [-0.15, -0.1) is 0 Å². The lowest BCUT2D eigenvalue weighted by Gasteiger charge is -2.27. The quantitative estimate of drug-likeness (QED) is 0.678. The van der Waals surface area contributed by atoms with Gasteiger partial charge in [0.2, 0.25) is 5.91 Å². The first-order chi connectivity index (χ1) is 11.5. The molecule has 1 atom stereocenters. The van der Waals surface area contributed by atoms with Crippen LogP contribution >= 0.6 is 0 Å². The van der Waals surface area contributed by atoms with Gasteiger partial charge in [0.25, 0.3) is 11.6 Å². The Hall–Kier alpha value is -3.22. The first-order valence-electron chi connectivity index (χ1n) is 7.44. The van der Waals surface area contributed by atoms with Crippen LogP contribution in [0.25, 0.3) is 0 Å². The van der Waals surface area contributed by atoms with E-state index in [2.05, 4.69) is 5.32 Å². The molecule has 0 spiro atoms. The molecule has 0 radical (unpaired) electrons. The van der Waals surface area contributed by atoms with E-state index in [1.807, 2.05) is 0 Å². The largest absolute Gasteiger partial charge is 0.324 e. The van der Waals surface area contributed by atoms with Crippen LogP contribution in [0.3, 0.4) is 0 Å². The SMILES string of the molecule is CC1CC(=O)Nc2ccccc2N1C(=O)c1ccc([N+](=O)[O-])cc1. The van der Waals surface area contributed by atoms with E-state index in [1.54, 1.807) is 36.1 Å². The predicted molar refractivity (Wildman–Crippen MR) is 89.1 cm³/mol. The van der Waals surface area contributed by atoms with Gasteiger partial charge in [0.05, 0.1) is 16.3 Å². The third-order valence-electron chi connectivity index (χ3n) is 3.90. The zero-order valence-electron chi connectivity index (χ0n) is 12.9. The number of hydrogen-bond acceptors (Lipinski definition) is 4. The molecule has 2 aromatic rings. The fourth-order valence-electron chi connectivity index (χ4n) is 2.76. The predicted octanol–water partition coefficient (Wildman–Crippen LogP) is 2.97. The second-order valence-electron chi connectivity index (χ2n) is 5.60. The Morgan fingerprint density at radius 1 is 1.21 bits per heavy atom. The summed E-state index contributed by atoms with van der Waals surface area (Å²) in [5.74, 6) is -0.463. The summed E-state index contributed by atoms with van der Waals surface area (Å²) in [5.41, 5.74) is 1.44. The summed E-state index contributed by atoms with van der Waals surface area (Å²) in [4.78, 5) is 36.7. The number of carbonyl (C=O) groups is 2. The maximum atomic E-state index is 12.9. The highest BCUT2D eigenvalue weighted by Crippen LogP contribution is 2.32. The summed E-state index contributed by atoms with van der Waals surface area (Å²) in [6.45, 7) is 1.80. The number of carbonyl (C=O) groups excluding carboxylic acids is 2. The first kappa shape index (κ1) is 15.7. The van der Waals surface area contributed by atoms with E-state index in [0.29, 0.717) is 16.9 Å². The van der Waals surface area contributed by atoms with Gasteiger partial charge in [-0.3, -0.25) is 19.7 Å². The van der Waals surface area contributed by atoms with Gasteiger partial charge in [0, 0.05) is 30.2 Å². The molecule has 24 heavy (non-hydrogen) atoms. The molecular formula is C17H15N3O4. The Bertz CT molecular complexity index is 817. The normalized spacial score (nSPS) is 16.8. The number of anilines is 2. The van der Waals surface area contributed by atoms with Gasteiger partial charge in [-0.2, -0.15) is 0 Å². The van der Waals surface area contributed by atoms with Gasteiger partial charge in [-0.05, 0) is 31.2 Å². The van der Waals surface area contributed by atoms with Crippen molar-refractivity contribution < 1.29 is 14.5 Å². The molecule has 0 bridgehead atoms. The number of nitro benzene ring substituents is 1. The van der Waals surface area contributed by atoms with Crippen LogP contribution in [0, 0.1) is 10.1 Å². The Morgan fingerprint density at radius 2 is 1.88 bits per heavy atom. The van der Waals surface area contributed by atoms with Crippen LogP contribution in [-0.4, -0.2) is 22.8 Å². The monoisotopic (exact) mass is 325 g/mol. The zero-order valence-corrected chi connectivity index (χ0v) is 12.9. The van der Waals surface area contributed by atoms with Crippen molar-refractivity contribution in [3.05, 3.63) is 64.2 Å². The smallest absolute Gasteiger partial charge is 0.269 e. The van der Waals surface area contributed by atoms with Gasteiger partial charge >= 0.3 is 0 Å². The second-order valence-corrected chi connectivity index (χ2v) is 5.60. The van der Waals surface area contributed by atoms with Crippen molar-refractivity contribution in [3.63, 3.8) is 0 Å². The summed E-state index contributed by atoms with van der Waals surface area (Å²) in [7, 11) is 0. The molecule has 1 heterocycles. The summed E-state index contributed by atoms with van der Waals surface area (Å²) in [6, 6.07) is 12.2. The third kappa shape index (κ3) is 2.83. The Morgan fingerprint density at radius 3 is 2.54 bits per heavy atom. The van der Waals surface area contributed by atoms with Gasteiger partial charge in [0.1, 0.15) is 0 Å². The number of nitrogens with zero attached hydrogens (tertiary/aromatic N) is 2. The lowest BCUT2D eigenvalue weighted by molar-refractivity contribution is -0.384. The summed E-state index contributed by atoms with van der Waals surface area (Å²) in [5, 5.41) is 13.5. The minimum absolute atomic E-state index is 0.0762. The minimum atomic E-state index is -0.513. The van der Waals surface area contributed by atoms with Crippen LogP contribution < -0.4 is 10.2 Å². The molecule has 1 aliphatic rings. The number of rotatable bonds is 2. The number of para-hydroxylation sites is 2. The average molecular weight is 325 g/mol. The zero-order chi connectivity index (χ0) is 17.3. The van der Waals surface area contributed by atoms with Crippen LogP contribution in [0.15, 0.2) is 48.5 Å². The van der Waals surface area contributed by atoms with Crippen molar-refractivity contribution in [2.45, 2.75) is 19.4 Å². The maximum absolute atomic E-state index is 12.9. The van der Waals surface area contributed by atoms with E-state index < -0.39 is 4.92 Å². The number of fused-ring (bicyclic) bond motifs is 1. The molecule has 0 saturated carbocycles. The van der Waals surface area contributed by atoms with Crippen molar-refractivity contribution in [2.75, 3.05) is 10.2 Å². The molecule has 2 aromatic carbocycles. The van der Waals surface area contributed by atoms with Crippen LogP contribution in [0.1, 0.15) is 23.7 Å². The van der Waals surface area contributed by atoms with E-state index >= 15 is 0 Å². The number of benzene rings is 2. The number of non-ortho nitro benzene ring substituents is 1. The van der Waals surface area contributed by atoms with Gasteiger partial charge in [0.15, 0.2) is 0 Å². The molecule has 1 unspecified atom stereocenters. The molecule has 0 fully saturated rings. The van der Waals surface area contributed by atoms with E-state index in [4.69, 9.17) is 0 Å². The van der Waals surface area contributed by atoms with Crippen LogP contribution in [0.5, 0.6) is 0 Å². The number of nitro groups is 1. The minimum Gasteiger partial charge on any atom is -0.324 e. The molecule has 1 N–H and O–H groups in total. The van der Waals surface area contributed by atoms with E-state index in [9.17, 15) is 19.7 Å². The molecular weight excluding hydrogens is 310 g/mol. The highest BCUT2D eigenvalue weighted by atomic mass is 16.6. The van der Waals surface area contributed by atoms with Crippen molar-refractivity contribution >= 4 is 28.9 Å². The molecule has 122 valence electrons. The van der Waals surface area contributed by atoms with Crippen LogP contribution in [0.2, 0.25) is 0 Å². The van der Waals surface area contributed by atoms with E-state index in [0.717, 1.165) is 0 Å². The Labute approximate surface area is 138 Å². The fourth-order valence-corrected chi connectivity index (χ4v) is 2.76. The van der Waals surface area contributed by atoms with Crippen LogP contribution in [-0.2, 0) is 4.79 Å². The molecule has 2 amide bonds. The summed E-state index contributed by atoms with van der Waals surface area (Å²) in [6.07, 6.45) is 0.174. The first-order valence-corrected chi connectivity index (χ1v) is 7.44. The number of amides is 2. The van der Waals surface area contributed by atoms with E-state index in [-0.39, 0.29) is 30.0 Å². The Balaban J connectivity index is 2.01. The molecule has 3 rings (SSSR count). The molecule has 0 aromatic heterocycles. The van der Waals surface area contributed by atoms with E-state index in [1.165, 1.54) is 24.3 Å². The lowest BCUT2D eigenvalue weighted by atomic mass is 10.1. The number of nitrogens with one attached hydrogen (secondary N) is 1. The molecule has 0 aliphatic carbocycles. The third-order valence-corrected chi connectivity index (χ3v) is 3.90. The van der Waals surface area contributed by atoms with Crippen LogP contribution in [0.4, 0.5) is 17.1 Å². The standard InChI is InChI=1S/C17H15N3O4/c1-11-10-16(21)18-14-4-2-3-5-15(14)19(11)17(22)12-6-8-13(9-7-12)20(23)24/h2-9,11H,10H2,1H3,(H,18,21). The molecule has 1 aliphatic heterocycles. The molecule has 7 heteroatoms. The Kier molecular flexibility index (Phi) is 3.99. The highest BCUT2D eigenvalue weighted by molar-refractivity contribution is 6.11. The van der Waals surface area contributed by atoms with Crippen molar-refractivity contribution in [3.8, 4) is 0 Å². The van der Waals surface area contributed by atoms with Gasteiger partial charge in [-0.1, -0.05) is 12.1 Å². The second kappa shape index (κ2) is 6.11. The average Bonchev–Trinajstić information content (AvgIpc) is 2.68. The summed E-state index contributed by atoms with van der Waals surface area (Å²) >= 11 is 0. The summed E-state index contributed by atoms with van der Waals surface area (Å²) < 4.78 is 0.